The number of nitrogens with zero attached hydrogens (tertiary/aromatic N) is 4. The van der Waals surface area contributed by atoms with Crippen LogP contribution in [0.5, 0.6) is 0 Å². The van der Waals surface area contributed by atoms with Gasteiger partial charge in [0.1, 0.15) is 6.17 Å². The average molecular weight is 545 g/mol. The smallest absolute Gasteiger partial charge is 0.259 e. The Morgan fingerprint density at radius 3 is 2.59 bits per heavy atom. The Morgan fingerprint density at radius 1 is 0.923 bits per heavy atom. The van der Waals surface area contributed by atoms with Crippen molar-refractivity contribution in [2.24, 2.45) is 17.8 Å². The summed E-state index contributed by atoms with van der Waals surface area (Å²) in [6.07, 6.45) is 8.75. The van der Waals surface area contributed by atoms with Crippen LogP contribution in [0.2, 0.25) is 0 Å². The first-order valence-electron chi connectivity index (χ1n) is 15.6. The zero-order valence-electron chi connectivity index (χ0n) is 23.4. The summed E-state index contributed by atoms with van der Waals surface area (Å²) >= 11 is 0. The first-order valence-corrected chi connectivity index (χ1v) is 15.6. The summed E-state index contributed by atoms with van der Waals surface area (Å²) in [5.74, 6) is 0.276. The van der Waals surface area contributed by atoms with Crippen LogP contribution in [0.15, 0.2) is 11.8 Å². The van der Waals surface area contributed by atoms with Crippen molar-refractivity contribution in [3.05, 3.63) is 11.8 Å². The Balaban J connectivity index is 1.27. The molecule has 1 amide bonds. The maximum Gasteiger partial charge on any atom is 0.259 e. The van der Waals surface area contributed by atoms with Crippen LogP contribution in [-0.2, 0) is 19.1 Å². The molecule has 9 unspecified atom stereocenters. The summed E-state index contributed by atoms with van der Waals surface area (Å²) in [6.45, 7) is 5.60. The number of Topliss-reactive ketones (excluding diaryl/α,β-unsaturated/α-hetero) is 1. The highest BCUT2D eigenvalue weighted by Gasteiger charge is 2.61. The Kier molecular flexibility index (Phi) is 7.23. The summed E-state index contributed by atoms with van der Waals surface area (Å²) in [7, 11) is 2.14. The number of carbonyl (C=O) groups excluding carboxylic acids is 2. The second-order valence-electron chi connectivity index (χ2n) is 13.2. The SMILES string of the molecule is CN1CCCN(C2C(F)CC3C(=O)C(C(=O)N4CCOCC4)=CN4C5C(CCC6CCCCC65)OC2C34)CC1. The topological polar surface area (TPSA) is 65.6 Å². The van der Waals surface area contributed by atoms with Gasteiger partial charge in [-0.3, -0.25) is 14.5 Å². The lowest BCUT2D eigenvalue weighted by Crippen LogP contribution is -2.74. The third-order valence-electron chi connectivity index (χ3n) is 11.1. The van der Waals surface area contributed by atoms with Crippen molar-refractivity contribution in [1.82, 2.24) is 19.6 Å². The third kappa shape index (κ3) is 4.56. The highest BCUT2D eigenvalue weighted by molar-refractivity contribution is 6.20. The summed E-state index contributed by atoms with van der Waals surface area (Å²) < 4.78 is 28.8. The molecule has 0 aromatic heterocycles. The Bertz CT molecular complexity index is 988. The van der Waals surface area contributed by atoms with Crippen molar-refractivity contribution in [1.29, 1.82) is 0 Å². The van der Waals surface area contributed by atoms with E-state index in [2.05, 4.69) is 21.7 Å². The molecule has 216 valence electrons. The molecule has 39 heavy (non-hydrogen) atoms. The summed E-state index contributed by atoms with van der Waals surface area (Å²) in [5, 5.41) is 0. The number of halogens is 1. The molecule has 0 radical (unpaired) electrons. The van der Waals surface area contributed by atoms with Gasteiger partial charge in [0, 0.05) is 38.3 Å². The molecule has 0 spiro atoms. The van der Waals surface area contributed by atoms with E-state index in [0.717, 1.165) is 39.0 Å². The largest absolute Gasteiger partial charge is 0.378 e. The maximum atomic E-state index is 16.3. The molecule has 7 aliphatic rings. The van der Waals surface area contributed by atoms with E-state index in [1.54, 1.807) is 4.90 Å². The van der Waals surface area contributed by atoms with Gasteiger partial charge in [0.15, 0.2) is 5.78 Å². The Hall–Kier alpha value is -1.55. The fourth-order valence-corrected chi connectivity index (χ4v) is 9.27. The Morgan fingerprint density at radius 2 is 1.74 bits per heavy atom. The van der Waals surface area contributed by atoms with Crippen LogP contribution in [0.4, 0.5) is 4.39 Å². The molecule has 9 atom stereocenters. The molecule has 4 aliphatic heterocycles. The number of fused-ring (bicyclic) bond motifs is 4. The number of likely N-dealkylation sites (N-methyl/N-ethyl adjacent to an activating group) is 1. The molecule has 0 bridgehead atoms. The molecule has 0 N–H and O–H groups in total. The van der Waals surface area contributed by atoms with Crippen LogP contribution in [0.3, 0.4) is 0 Å². The van der Waals surface area contributed by atoms with Crippen molar-refractivity contribution >= 4 is 11.7 Å². The van der Waals surface area contributed by atoms with Gasteiger partial charge in [0.2, 0.25) is 0 Å². The van der Waals surface area contributed by atoms with E-state index in [-0.39, 0.29) is 54.0 Å². The predicted octanol–water partition coefficient (Wildman–Crippen LogP) is 2.08. The number of amides is 1. The average Bonchev–Trinajstić information content (AvgIpc) is 3.18. The van der Waals surface area contributed by atoms with Gasteiger partial charge in [-0.15, -0.1) is 0 Å². The van der Waals surface area contributed by atoms with E-state index >= 15 is 4.39 Å². The van der Waals surface area contributed by atoms with Gasteiger partial charge in [-0.2, -0.15) is 0 Å². The van der Waals surface area contributed by atoms with Crippen LogP contribution in [0, 0.1) is 17.8 Å². The van der Waals surface area contributed by atoms with Gasteiger partial charge in [0.05, 0.1) is 49.1 Å². The zero-order chi connectivity index (χ0) is 26.7. The van der Waals surface area contributed by atoms with E-state index in [4.69, 9.17) is 9.47 Å². The van der Waals surface area contributed by atoms with Crippen LogP contribution in [0.1, 0.15) is 51.4 Å². The third-order valence-corrected chi connectivity index (χ3v) is 11.1. The lowest BCUT2D eigenvalue weighted by atomic mass is 9.63. The number of ketones is 1. The van der Waals surface area contributed by atoms with E-state index < -0.39 is 12.1 Å². The number of hydrogen-bond acceptors (Lipinski definition) is 7. The number of alkyl halides is 1. The fraction of sp³-hybridized carbons (Fsp3) is 0.867. The summed E-state index contributed by atoms with van der Waals surface area (Å²) in [4.78, 5) is 36.5. The van der Waals surface area contributed by atoms with Gasteiger partial charge in [0.25, 0.3) is 5.91 Å². The molecule has 8 nitrogen and oxygen atoms in total. The van der Waals surface area contributed by atoms with Crippen LogP contribution < -0.4 is 0 Å². The van der Waals surface area contributed by atoms with E-state index in [1.165, 1.54) is 32.1 Å². The minimum atomic E-state index is -1.15. The molecular formula is C30H45FN4O4. The lowest BCUT2D eigenvalue weighted by molar-refractivity contribution is -0.226. The number of carbonyl (C=O) groups is 2. The lowest BCUT2D eigenvalue weighted by Gasteiger charge is -2.63. The maximum absolute atomic E-state index is 16.3. The molecule has 3 saturated carbocycles. The molecular weight excluding hydrogens is 499 g/mol. The molecule has 7 rings (SSSR count). The quantitative estimate of drug-likeness (QED) is 0.494. The zero-order valence-corrected chi connectivity index (χ0v) is 23.4. The highest BCUT2D eigenvalue weighted by Crippen LogP contribution is 2.51. The molecule has 4 heterocycles. The number of rotatable bonds is 2. The first-order chi connectivity index (χ1) is 19.0. The van der Waals surface area contributed by atoms with Crippen molar-refractivity contribution < 1.29 is 23.5 Å². The first kappa shape index (κ1) is 26.4. The van der Waals surface area contributed by atoms with Crippen LogP contribution in [0.25, 0.3) is 0 Å². The van der Waals surface area contributed by atoms with Gasteiger partial charge in [-0.05, 0) is 64.1 Å². The van der Waals surface area contributed by atoms with Gasteiger partial charge in [-0.25, -0.2) is 4.39 Å². The normalized spacial score (nSPS) is 43.6. The molecule has 6 fully saturated rings. The van der Waals surface area contributed by atoms with Gasteiger partial charge < -0.3 is 24.2 Å². The molecule has 3 aliphatic carbocycles. The molecule has 0 aromatic carbocycles. The fourth-order valence-electron chi connectivity index (χ4n) is 9.27. The Labute approximate surface area is 231 Å². The van der Waals surface area contributed by atoms with E-state index in [9.17, 15) is 9.59 Å². The minimum absolute atomic E-state index is 0.0258. The number of morpholine rings is 2. The number of hydrogen-bond donors (Lipinski definition) is 0. The molecule has 0 aromatic rings. The van der Waals surface area contributed by atoms with Crippen LogP contribution >= 0.6 is 0 Å². The summed E-state index contributed by atoms with van der Waals surface area (Å²) in [5.41, 5.74) is 0.262. The summed E-state index contributed by atoms with van der Waals surface area (Å²) in [6, 6.07) is -0.373. The van der Waals surface area contributed by atoms with E-state index in [1.807, 2.05) is 6.20 Å². The van der Waals surface area contributed by atoms with Gasteiger partial charge in [-0.1, -0.05) is 19.3 Å². The second kappa shape index (κ2) is 10.7. The van der Waals surface area contributed by atoms with Crippen molar-refractivity contribution in [3.63, 3.8) is 0 Å². The standard InChI is InChI=1S/C30H45FN4O4/c1-32-9-4-10-33(12-11-32)27-23(31)17-21-26-29(27)39-24-8-7-19-5-2-3-6-20(19)25(24)35(26)18-22(28(21)36)30(37)34-13-15-38-16-14-34/h18-21,23-27,29H,2-17H2,1H3. The van der Waals surface area contributed by atoms with E-state index in [0.29, 0.717) is 38.1 Å². The van der Waals surface area contributed by atoms with Crippen molar-refractivity contribution in [3.8, 4) is 0 Å². The minimum Gasteiger partial charge on any atom is -0.378 e. The molecule has 3 saturated heterocycles. The van der Waals surface area contributed by atoms with Crippen LogP contribution in [-0.4, -0.2) is 127 Å². The monoisotopic (exact) mass is 544 g/mol. The number of ether oxygens (including phenoxy) is 2. The predicted molar refractivity (Wildman–Crippen MR) is 144 cm³/mol. The van der Waals surface area contributed by atoms with Crippen molar-refractivity contribution in [2.45, 2.75) is 87.9 Å². The van der Waals surface area contributed by atoms with Gasteiger partial charge >= 0.3 is 0 Å². The highest BCUT2D eigenvalue weighted by atomic mass is 19.1. The molecule has 9 heteroatoms. The second-order valence-corrected chi connectivity index (χ2v) is 13.2. The van der Waals surface area contributed by atoms with Crippen molar-refractivity contribution in [2.75, 3.05) is 59.5 Å².